The third kappa shape index (κ3) is 10.2. The molecule has 4 aliphatic rings. The van der Waals surface area contributed by atoms with Gasteiger partial charge in [-0.25, -0.2) is 14.8 Å². The molecule has 0 bridgehead atoms. The van der Waals surface area contributed by atoms with Gasteiger partial charge in [-0.2, -0.15) is 5.10 Å². The molecule has 1 saturated carbocycles. The third-order valence-electron chi connectivity index (χ3n) is 15.3. The zero-order valence-electron chi connectivity index (χ0n) is 43.0. The fourth-order valence-electron chi connectivity index (χ4n) is 11.6. The number of pyridine rings is 1. The second-order valence-electron chi connectivity index (χ2n) is 21.7. The van der Waals surface area contributed by atoms with Gasteiger partial charge in [-0.15, -0.1) is 0 Å². The highest BCUT2D eigenvalue weighted by atomic mass is 32.1. The largest absolute Gasteiger partial charge is 0.493 e. The Kier molecular flexibility index (Phi) is 13.2. The number of carbonyl (C=O) groups is 5. The molecular formula is C58H61N9O7S. The molecule has 75 heavy (non-hydrogen) atoms. The number of carbonyl (C=O) groups excluding carboxylic acids is 5. The number of hydrogen-bond acceptors (Lipinski definition) is 13. The lowest BCUT2D eigenvalue weighted by Crippen LogP contribution is -2.49. The number of amides is 4. The molecule has 6 heterocycles. The molecule has 1 aliphatic carbocycles. The van der Waals surface area contributed by atoms with Gasteiger partial charge in [0.25, 0.3) is 5.91 Å². The Morgan fingerprint density at radius 3 is 2.44 bits per heavy atom. The number of aromatic nitrogens is 4. The van der Waals surface area contributed by atoms with Gasteiger partial charge < -0.3 is 19.7 Å². The average molecular weight is 1030 g/mol. The minimum atomic E-state index is -0.752. The van der Waals surface area contributed by atoms with E-state index >= 15 is 0 Å². The van der Waals surface area contributed by atoms with Gasteiger partial charge in [0.05, 0.1) is 46.2 Å². The maximum atomic E-state index is 14.1. The maximum absolute atomic E-state index is 14.1. The maximum Gasteiger partial charge on any atom is 0.358 e. The Morgan fingerprint density at radius 2 is 1.65 bits per heavy atom. The van der Waals surface area contributed by atoms with E-state index in [4.69, 9.17) is 14.5 Å². The number of hydrogen-bond donors (Lipinski definition) is 3. The van der Waals surface area contributed by atoms with E-state index in [1.165, 1.54) is 11.3 Å². The fraction of sp³-hybridized carbons (Fsp3) is 0.379. The highest BCUT2D eigenvalue weighted by Gasteiger charge is 2.46. The van der Waals surface area contributed by atoms with Gasteiger partial charge in [0, 0.05) is 43.1 Å². The van der Waals surface area contributed by atoms with Crippen LogP contribution >= 0.6 is 11.3 Å². The Hall–Kier alpha value is -7.50. The summed E-state index contributed by atoms with van der Waals surface area (Å²) >= 11 is 1.44. The summed E-state index contributed by atoms with van der Waals surface area (Å²) in [6.45, 7) is 11.2. The van der Waals surface area contributed by atoms with Crippen LogP contribution in [0.15, 0.2) is 91.0 Å². The van der Waals surface area contributed by atoms with E-state index in [1.54, 1.807) is 11.7 Å². The second kappa shape index (κ2) is 20.0. The average Bonchev–Trinajstić information content (AvgIpc) is 3.95. The lowest BCUT2D eigenvalue weighted by atomic mass is 9.58. The quantitative estimate of drug-likeness (QED) is 0.0778. The molecule has 2 saturated heterocycles. The van der Waals surface area contributed by atoms with E-state index in [0.717, 1.165) is 87.9 Å². The Morgan fingerprint density at radius 1 is 0.867 bits per heavy atom. The summed E-state index contributed by atoms with van der Waals surface area (Å²) in [5.41, 5.74) is 7.52. The number of imide groups is 1. The molecular weight excluding hydrogens is 967 g/mol. The molecule has 3 aromatic heterocycles. The number of para-hydroxylation sites is 2. The van der Waals surface area contributed by atoms with E-state index in [1.807, 2.05) is 113 Å². The van der Waals surface area contributed by atoms with Crippen molar-refractivity contribution in [2.75, 3.05) is 48.3 Å². The van der Waals surface area contributed by atoms with Gasteiger partial charge in [0.2, 0.25) is 17.7 Å². The van der Waals surface area contributed by atoms with Crippen molar-refractivity contribution >= 4 is 78.7 Å². The van der Waals surface area contributed by atoms with Crippen LogP contribution in [0.25, 0.3) is 32.2 Å². The van der Waals surface area contributed by atoms with E-state index < -0.39 is 17.5 Å². The number of benzene rings is 4. The number of piperidine rings is 2. The highest BCUT2D eigenvalue weighted by Crippen LogP contribution is 2.53. The van der Waals surface area contributed by atoms with Gasteiger partial charge >= 0.3 is 5.97 Å². The molecule has 1 unspecified atom stereocenters. The number of likely N-dealkylation sites (tertiary alicyclic amines) is 1. The number of fused-ring (bicyclic) bond motifs is 3. The SMILES string of the molecule is Cc1c(OCC2CC3(CCN(CC(=O)Nc4cccc5c(C6CCC(=O)NC6=O)nn(C)c45)CC3)C2)cccc1-c1ccc(N2CCc3cccc(C(=O)Nc4nc5ccccc5s4)c3C2)nc1C(=O)OC(C)(C)C. The lowest BCUT2D eigenvalue weighted by molar-refractivity contribution is -0.134. The number of nitrogens with zero attached hydrogens (tertiary/aromatic N) is 6. The summed E-state index contributed by atoms with van der Waals surface area (Å²) in [6, 6.07) is 29.1. The number of nitrogens with one attached hydrogen (secondary N) is 3. The van der Waals surface area contributed by atoms with E-state index in [9.17, 15) is 24.0 Å². The molecule has 3 aliphatic heterocycles. The van der Waals surface area contributed by atoms with Crippen LogP contribution in [0.4, 0.5) is 16.6 Å². The highest BCUT2D eigenvalue weighted by molar-refractivity contribution is 7.22. The zero-order chi connectivity index (χ0) is 52.2. The molecule has 3 fully saturated rings. The van der Waals surface area contributed by atoms with Crippen molar-refractivity contribution in [3.05, 3.63) is 125 Å². The normalized spacial score (nSPS) is 17.9. The van der Waals surface area contributed by atoms with Crippen LogP contribution in [-0.4, -0.2) is 92.6 Å². The number of thiazole rings is 1. The van der Waals surface area contributed by atoms with E-state index in [-0.39, 0.29) is 47.7 Å². The molecule has 11 rings (SSSR count). The Balaban J connectivity index is 0.717. The summed E-state index contributed by atoms with van der Waals surface area (Å²) < 4.78 is 15.3. The van der Waals surface area contributed by atoms with Gasteiger partial charge in [0.1, 0.15) is 17.2 Å². The van der Waals surface area contributed by atoms with Crippen LogP contribution in [-0.2, 0) is 39.1 Å². The number of esters is 1. The Labute approximate surface area is 439 Å². The second-order valence-corrected chi connectivity index (χ2v) is 22.7. The predicted octanol–water partition coefficient (Wildman–Crippen LogP) is 9.35. The number of rotatable bonds is 12. The molecule has 16 nitrogen and oxygen atoms in total. The summed E-state index contributed by atoms with van der Waals surface area (Å²) in [7, 11) is 1.80. The summed E-state index contributed by atoms with van der Waals surface area (Å²) in [4.78, 5) is 79.8. The molecule has 1 atom stereocenters. The standard InChI is InChI=1S/C58H61N9O7S/c1-34-37(38-19-21-47(61-51(38)55(72)74-57(2,3)4)67-26-23-36-11-8-13-39(42(36)31-67)53(70)63-56-60-43-15-6-7-18-46(43)75-56)12-10-17-45(34)73-33-35-29-58(30-35)24-27-66(28-25-58)32-49(69)59-44-16-9-14-40-50(64-65(5)52(40)44)41-20-22-48(68)62-54(41)71/h6-19,21,35,41H,20,22-33H2,1-5H3,(H,59,69)(H,60,63,70)(H,62,68,71). The van der Waals surface area contributed by atoms with E-state index in [0.29, 0.717) is 71.9 Å². The molecule has 3 N–H and O–H groups in total. The molecule has 4 aromatic carbocycles. The molecule has 4 amide bonds. The molecule has 7 aromatic rings. The van der Waals surface area contributed by atoms with Crippen LogP contribution in [0.3, 0.4) is 0 Å². The van der Waals surface area contributed by atoms with Gasteiger partial charge in [-0.05, 0) is 155 Å². The first-order valence-corrected chi connectivity index (χ1v) is 26.7. The van der Waals surface area contributed by atoms with Crippen LogP contribution in [0.2, 0.25) is 0 Å². The first-order chi connectivity index (χ1) is 36.1. The minimum absolute atomic E-state index is 0.100. The van der Waals surface area contributed by atoms with Crippen molar-refractivity contribution in [1.29, 1.82) is 0 Å². The first-order valence-electron chi connectivity index (χ1n) is 25.9. The van der Waals surface area contributed by atoms with Crippen molar-refractivity contribution in [2.24, 2.45) is 18.4 Å². The van der Waals surface area contributed by atoms with Gasteiger partial charge in [-0.1, -0.05) is 59.9 Å². The molecule has 0 radical (unpaired) electrons. The number of aryl methyl sites for hydroxylation is 1. The van der Waals surface area contributed by atoms with Crippen LogP contribution in [0.5, 0.6) is 5.75 Å². The van der Waals surface area contributed by atoms with Crippen molar-refractivity contribution in [1.82, 2.24) is 30.0 Å². The van der Waals surface area contributed by atoms with Crippen LogP contribution in [0, 0.1) is 18.3 Å². The van der Waals surface area contributed by atoms with Gasteiger partial charge in [0.15, 0.2) is 10.8 Å². The van der Waals surface area contributed by atoms with Crippen LogP contribution in [0.1, 0.15) is 108 Å². The van der Waals surface area contributed by atoms with Crippen LogP contribution < -0.4 is 25.6 Å². The summed E-state index contributed by atoms with van der Waals surface area (Å²) in [5, 5.41) is 14.6. The van der Waals surface area contributed by atoms with Crippen molar-refractivity contribution in [3.8, 4) is 16.9 Å². The minimum Gasteiger partial charge on any atom is -0.493 e. The first kappa shape index (κ1) is 49.7. The van der Waals surface area contributed by atoms with Crippen molar-refractivity contribution in [2.45, 2.75) is 90.7 Å². The monoisotopic (exact) mass is 1030 g/mol. The Bertz CT molecular complexity index is 3380. The lowest BCUT2D eigenvalue weighted by Gasteiger charge is -2.52. The predicted molar refractivity (Wildman–Crippen MR) is 289 cm³/mol. The van der Waals surface area contributed by atoms with Crippen molar-refractivity contribution < 1.29 is 33.4 Å². The topological polar surface area (TPSA) is 190 Å². The smallest absolute Gasteiger partial charge is 0.358 e. The zero-order valence-corrected chi connectivity index (χ0v) is 43.8. The fourth-order valence-corrected chi connectivity index (χ4v) is 12.5. The third-order valence-corrected chi connectivity index (χ3v) is 16.3. The molecule has 1 spiro atoms. The number of ether oxygens (including phenoxy) is 2. The molecule has 17 heteroatoms. The number of anilines is 3. The summed E-state index contributed by atoms with van der Waals surface area (Å²) in [6.07, 6.45) is 5.52. The van der Waals surface area contributed by atoms with E-state index in [2.05, 4.69) is 41.9 Å². The molecule has 386 valence electrons. The van der Waals surface area contributed by atoms with Gasteiger partial charge in [-0.3, -0.25) is 39.4 Å². The van der Waals surface area contributed by atoms with Crippen molar-refractivity contribution in [3.63, 3.8) is 0 Å². The summed E-state index contributed by atoms with van der Waals surface area (Å²) in [5.74, 6) is -0.200.